The van der Waals surface area contributed by atoms with Gasteiger partial charge in [-0.3, -0.25) is 14.4 Å². The molecule has 2 aromatic carbocycles. The van der Waals surface area contributed by atoms with Crippen LogP contribution in [0.4, 0.5) is 17.1 Å². The van der Waals surface area contributed by atoms with Crippen LogP contribution in [0.1, 0.15) is 41.6 Å². The summed E-state index contributed by atoms with van der Waals surface area (Å²) in [7, 11) is 0. The number of aryl methyl sites for hydroxylation is 1. The van der Waals surface area contributed by atoms with Crippen molar-refractivity contribution < 1.29 is 14.4 Å². The first-order chi connectivity index (χ1) is 16.5. The van der Waals surface area contributed by atoms with E-state index in [1.54, 1.807) is 6.07 Å². The third-order valence-electron chi connectivity index (χ3n) is 7.96. The number of piperidine rings is 1. The molecule has 6 rings (SSSR count). The maximum atomic E-state index is 13.5. The molecule has 2 aliphatic carbocycles. The average Bonchev–Trinajstić information content (AvgIpc) is 3.54. The van der Waals surface area contributed by atoms with Crippen LogP contribution in [0.2, 0.25) is 0 Å². The Morgan fingerprint density at radius 3 is 2.18 bits per heavy atom. The molecule has 0 aromatic heterocycles. The van der Waals surface area contributed by atoms with Gasteiger partial charge in [0.05, 0.1) is 23.1 Å². The molecule has 3 fully saturated rings. The molecule has 1 N–H and O–H groups in total. The van der Waals surface area contributed by atoms with Gasteiger partial charge in [-0.1, -0.05) is 29.8 Å². The van der Waals surface area contributed by atoms with E-state index in [4.69, 9.17) is 0 Å². The van der Waals surface area contributed by atoms with Crippen molar-refractivity contribution in [1.29, 1.82) is 0 Å². The molecule has 6 nitrogen and oxygen atoms in total. The predicted octanol–water partition coefficient (Wildman–Crippen LogP) is 4.55. The van der Waals surface area contributed by atoms with Gasteiger partial charge in [0, 0.05) is 24.5 Å². The molecule has 2 aromatic rings. The molecule has 6 heteroatoms. The highest BCUT2D eigenvalue weighted by atomic mass is 16.2. The minimum Gasteiger partial charge on any atom is -0.371 e. The fourth-order valence-electron chi connectivity index (χ4n) is 6.25. The lowest BCUT2D eigenvalue weighted by atomic mass is 9.85. The Labute approximate surface area is 199 Å². The van der Waals surface area contributed by atoms with Crippen LogP contribution >= 0.6 is 0 Å². The van der Waals surface area contributed by atoms with E-state index in [0.29, 0.717) is 11.3 Å². The lowest BCUT2D eigenvalue weighted by Gasteiger charge is -2.31. The first-order valence-electron chi connectivity index (χ1n) is 12.3. The molecule has 2 heterocycles. The Morgan fingerprint density at radius 1 is 0.882 bits per heavy atom. The molecule has 3 amide bonds. The van der Waals surface area contributed by atoms with Crippen LogP contribution in [0.25, 0.3) is 0 Å². The summed E-state index contributed by atoms with van der Waals surface area (Å²) in [5, 5.41) is 3.01. The highest BCUT2D eigenvalue weighted by molar-refractivity contribution is 6.23. The zero-order chi connectivity index (χ0) is 23.4. The van der Waals surface area contributed by atoms with Gasteiger partial charge in [-0.2, -0.15) is 0 Å². The van der Waals surface area contributed by atoms with Crippen LogP contribution in [-0.2, 0) is 9.59 Å². The van der Waals surface area contributed by atoms with E-state index in [9.17, 15) is 14.4 Å². The number of nitrogens with one attached hydrogen (secondary N) is 1. The van der Waals surface area contributed by atoms with Crippen LogP contribution in [0, 0.1) is 30.6 Å². The molecule has 0 radical (unpaired) electrons. The quantitative estimate of drug-likeness (QED) is 0.543. The smallest absolute Gasteiger partial charge is 0.257 e. The molecule has 4 atom stereocenters. The number of benzene rings is 2. The number of nitrogens with zero attached hydrogens (tertiary/aromatic N) is 2. The van der Waals surface area contributed by atoms with Gasteiger partial charge in [-0.15, -0.1) is 0 Å². The van der Waals surface area contributed by atoms with E-state index in [-0.39, 0.29) is 41.4 Å². The van der Waals surface area contributed by atoms with Crippen molar-refractivity contribution in [3.63, 3.8) is 0 Å². The second-order valence-corrected chi connectivity index (χ2v) is 10.1. The summed E-state index contributed by atoms with van der Waals surface area (Å²) < 4.78 is 0. The summed E-state index contributed by atoms with van der Waals surface area (Å²) in [6, 6.07) is 13.2. The third-order valence-corrected chi connectivity index (χ3v) is 7.96. The van der Waals surface area contributed by atoms with E-state index >= 15 is 0 Å². The topological polar surface area (TPSA) is 69.7 Å². The number of fused-ring (bicyclic) bond motifs is 5. The number of imide groups is 1. The number of allylic oxidation sites excluding steroid dienone is 2. The zero-order valence-electron chi connectivity index (χ0n) is 19.4. The van der Waals surface area contributed by atoms with Gasteiger partial charge in [0.1, 0.15) is 0 Å². The fraction of sp³-hybridized carbons (Fsp3) is 0.393. The van der Waals surface area contributed by atoms with E-state index in [1.807, 2.05) is 43.3 Å². The number of carbonyl (C=O) groups excluding carboxylic acids is 3. The van der Waals surface area contributed by atoms with Crippen LogP contribution in [-0.4, -0.2) is 30.8 Å². The number of anilines is 3. The molecule has 4 aliphatic rings. The summed E-state index contributed by atoms with van der Waals surface area (Å²) in [5.41, 5.74) is 3.69. The second kappa shape index (κ2) is 8.12. The highest BCUT2D eigenvalue weighted by Gasteiger charge is 2.59. The minimum atomic E-state index is -0.255. The maximum absolute atomic E-state index is 13.5. The van der Waals surface area contributed by atoms with Crippen LogP contribution in [0.15, 0.2) is 54.6 Å². The van der Waals surface area contributed by atoms with Crippen LogP contribution in [0.5, 0.6) is 0 Å². The van der Waals surface area contributed by atoms with Gasteiger partial charge in [0.25, 0.3) is 5.91 Å². The molecule has 0 spiro atoms. The Balaban J connectivity index is 1.35. The first-order valence-corrected chi connectivity index (χ1v) is 12.3. The van der Waals surface area contributed by atoms with Gasteiger partial charge in [-0.25, -0.2) is 4.90 Å². The Kier molecular flexibility index (Phi) is 5.05. The second-order valence-electron chi connectivity index (χ2n) is 10.1. The monoisotopic (exact) mass is 455 g/mol. The minimum absolute atomic E-state index is 0.123. The van der Waals surface area contributed by atoms with Crippen molar-refractivity contribution in [2.24, 2.45) is 23.7 Å². The lowest BCUT2D eigenvalue weighted by Crippen LogP contribution is -2.34. The number of hydrogen-bond acceptors (Lipinski definition) is 4. The normalized spacial score (nSPS) is 27.4. The summed E-state index contributed by atoms with van der Waals surface area (Å²) in [5.74, 6) is -0.665. The van der Waals surface area contributed by atoms with Crippen LogP contribution < -0.4 is 15.1 Å². The van der Waals surface area contributed by atoms with Crippen molar-refractivity contribution in [3.05, 3.63) is 65.7 Å². The molecule has 34 heavy (non-hydrogen) atoms. The summed E-state index contributed by atoms with van der Waals surface area (Å²) in [6.45, 7) is 3.79. The van der Waals surface area contributed by atoms with Gasteiger partial charge >= 0.3 is 0 Å². The van der Waals surface area contributed by atoms with Crippen molar-refractivity contribution in [2.45, 2.75) is 32.6 Å². The fourth-order valence-corrected chi connectivity index (χ4v) is 6.25. The Bertz CT molecular complexity index is 1170. The van der Waals surface area contributed by atoms with Crippen molar-refractivity contribution in [2.75, 3.05) is 28.2 Å². The molecule has 1 saturated carbocycles. The summed E-state index contributed by atoms with van der Waals surface area (Å²) >= 11 is 0. The standard InChI is InChI=1S/C28H29N3O3/c1-17-5-9-20(10-6-17)29-26(32)22-16-21(11-12-23(22)30-13-3-2-4-14-30)31-27(33)24-18-7-8-19(15-18)25(24)28(31)34/h5-12,16,18-19,24-25H,2-4,13-15H2,1H3,(H,29,32)/t18-,19-,24-,25-/m0/s1. The molecular formula is C28H29N3O3. The average molecular weight is 456 g/mol. The SMILES string of the molecule is Cc1ccc(NC(=O)c2cc(N3C(=O)[C@@H]4[C@@H](C3=O)[C@H]3C=C[C@H]4C3)ccc2N2CCCCC2)cc1. The van der Waals surface area contributed by atoms with Crippen molar-refractivity contribution in [3.8, 4) is 0 Å². The van der Waals surface area contributed by atoms with Crippen molar-refractivity contribution >= 4 is 34.8 Å². The number of carbonyl (C=O) groups is 3. The van der Waals surface area contributed by atoms with Gasteiger partial charge in [0.2, 0.25) is 11.8 Å². The third kappa shape index (κ3) is 3.35. The summed E-state index contributed by atoms with van der Waals surface area (Å²) in [4.78, 5) is 43.7. The predicted molar refractivity (Wildman–Crippen MR) is 132 cm³/mol. The van der Waals surface area contributed by atoms with Gasteiger partial charge in [-0.05, 0) is 74.8 Å². The Morgan fingerprint density at radius 2 is 1.53 bits per heavy atom. The highest BCUT2D eigenvalue weighted by Crippen LogP contribution is 2.53. The van der Waals surface area contributed by atoms with Crippen molar-refractivity contribution in [1.82, 2.24) is 0 Å². The van der Waals surface area contributed by atoms with Gasteiger partial charge < -0.3 is 10.2 Å². The Hall–Kier alpha value is -3.41. The molecule has 174 valence electrons. The molecule has 2 aliphatic heterocycles. The first kappa shape index (κ1) is 21.1. The molecule has 2 bridgehead atoms. The molecule has 2 saturated heterocycles. The van der Waals surface area contributed by atoms with E-state index in [1.165, 1.54) is 11.3 Å². The maximum Gasteiger partial charge on any atom is 0.257 e. The number of rotatable bonds is 4. The van der Waals surface area contributed by atoms with E-state index in [2.05, 4.69) is 22.4 Å². The van der Waals surface area contributed by atoms with E-state index < -0.39 is 0 Å². The largest absolute Gasteiger partial charge is 0.371 e. The molecular weight excluding hydrogens is 426 g/mol. The van der Waals surface area contributed by atoms with Crippen LogP contribution in [0.3, 0.4) is 0 Å². The number of amides is 3. The molecule has 0 unspecified atom stereocenters. The van der Waals surface area contributed by atoms with E-state index in [0.717, 1.165) is 49.3 Å². The lowest BCUT2D eigenvalue weighted by molar-refractivity contribution is -0.123. The number of hydrogen-bond donors (Lipinski definition) is 1. The zero-order valence-corrected chi connectivity index (χ0v) is 19.4. The van der Waals surface area contributed by atoms with Gasteiger partial charge in [0.15, 0.2) is 0 Å². The summed E-state index contributed by atoms with van der Waals surface area (Å²) in [6.07, 6.45) is 8.46.